The van der Waals surface area contributed by atoms with Gasteiger partial charge in [-0.05, 0) is 74.1 Å². The van der Waals surface area contributed by atoms with E-state index in [1.165, 1.54) is 0 Å². The number of anilines is 2. The van der Waals surface area contributed by atoms with E-state index >= 15 is 0 Å². The maximum Gasteiger partial charge on any atom is 0.410 e. The normalized spacial score (nSPS) is 17.2. The Labute approximate surface area is 234 Å². The average Bonchev–Trinajstić information content (AvgIpc) is 3.41. The van der Waals surface area contributed by atoms with Crippen molar-refractivity contribution in [3.05, 3.63) is 88.6 Å². The molecule has 0 saturated carbocycles. The van der Waals surface area contributed by atoms with Crippen LogP contribution in [0.2, 0.25) is 0 Å². The monoisotopic (exact) mass is 541 g/mol. The number of amides is 3. The van der Waals surface area contributed by atoms with Crippen LogP contribution in [0.25, 0.3) is 0 Å². The van der Waals surface area contributed by atoms with Crippen LogP contribution in [-0.2, 0) is 45.7 Å². The number of rotatable bonds is 7. The Morgan fingerprint density at radius 3 is 2.58 bits per heavy atom. The fourth-order valence-electron chi connectivity index (χ4n) is 5.41. The van der Waals surface area contributed by atoms with Gasteiger partial charge in [0.1, 0.15) is 11.4 Å². The number of hydrogen-bond acceptors (Lipinski definition) is 6. The minimum absolute atomic E-state index is 0.0234. The van der Waals surface area contributed by atoms with Gasteiger partial charge in [-0.2, -0.15) is 0 Å². The van der Waals surface area contributed by atoms with E-state index in [1.807, 2.05) is 75.4 Å². The fraction of sp³-hybridized carbons (Fsp3) is 0.355. The van der Waals surface area contributed by atoms with Crippen molar-refractivity contribution < 1.29 is 19.1 Å². The zero-order chi connectivity index (χ0) is 28.5. The van der Waals surface area contributed by atoms with E-state index in [0.717, 1.165) is 27.8 Å². The van der Waals surface area contributed by atoms with Gasteiger partial charge in [0.25, 0.3) is 0 Å². The molecule has 1 aliphatic heterocycles. The molecule has 3 amide bonds. The Morgan fingerprint density at radius 1 is 1.05 bits per heavy atom. The Balaban J connectivity index is 1.16. The lowest BCUT2D eigenvalue weighted by Gasteiger charge is -2.25. The van der Waals surface area contributed by atoms with Crippen molar-refractivity contribution in [1.29, 1.82) is 0 Å². The second kappa shape index (κ2) is 10.7. The van der Waals surface area contributed by atoms with Gasteiger partial charge >= 0.3 is 6.09 Å². The Kier molecular flexibility index (Phi) is 7.33. The molecule has 2 aromatic carbocycles. The molecule has 0 saturated heterocycles. The van der Waals surface area contributed by atoms with Crippen LogP contribution in [-0.4, -0.2) is 47.0 Å². The number of ether oxygens (including phenoxy) is 1. The summed E-state index contributed by atoms with van der Waals surface area (Å²) in [7, 11) is 1.71. The number of nitrogens with zero attached hydrogens (tertiary/aromatic N) is 2. The number of pyridine rings is 1. The third kappa shape index (κ3) is 5.70. The summed E-state index contributed by atoms with van der Waals surface area (Å²) in [6.45, 7) is 6.51. The minimum atomic E-state index is -0.638. The predicted molar refractivity (Wildman–Crippen MR) is 153 cm³/mol. The predicted octanol–water partition coefficient (Wildman–Crippen LogP) is 4.17. The number of aromatic nitrogens is 1. The fourth-order valence-corrected chi connectivity index (χ4v) is 5.41. The zero-order valence-electron chi connectivity index (χ0n) is 23.3. The molecule has 3 N–H and O–H groups in total. The van der Waals surface area contributed by atoms with Crippen LogP contribution >= 0.6 is 0 Å². The van der Waals surface area contributed by atoms with Gasteiger partial charge in [-0.15, -0.1) is 0 Å². The number of fused-ring (bicyclic) bond motifs is 3. The van der Waals surface area contributed by atoms with Crippen molar-refractivity contribution in [3.63, 3.8) is 0 Å². The molecule has 0 bridgehead atoms. The van der Waals surface area contributed by atoms with Crippen molar-refractivity contribution in [2.24, 2.45) is 0 Å². The number of benzene rings is 2. The van der Waals surface area contributed by atoms with Crippen LogP contribution in [0.3, 0.4) is 0 Å². The number of carbonyl (C=O) groups is 3. The molecule has 0 unspecified atom stereocenters. The molecule has 9 heteroatoms. The van der Waals surface area contributed by atoms with E-state index in [9.17, 15) is 14.4 Å². The van der Waals surface area contributed by atoms with Crippen LogP contribution in [0.15, 0.2) is 60.8 Å². The largest absolute Gasteiger partial charge is 0.444 e. The summed E-state index contributed by atoms with van der Waals surface area (Å²) in [5.74, 6) is 0.451. The Morgan fingerprint density at radius 2 is 1.80 bits per heavy atom. The molecule has 0 fully saturated rings. The lowest BCUT2D eigenvalue weighted by atomic mass is 9.79. The average molecular weight is 542 g/mol. The first-order chi connectivity index (χ1) is 19.0. The van der Waals surface area contributed by atoms with Gasteiger partial charge in [-0.25, -0.2) is 9.78 Å². The highest BCUT2D eigenvalue weighted by atomic mass is 16.6. The van der Waals surface area contributed by atoms with Crippen molar-refractivity contribution in [2.75, 3.05) is 24.2 Å². The molecular weight excluding hydrogens is 506 g/mol. The molecular formula is C31H35N5O4. The molecule has 1 aliphatic carbocycles. The molecule has 0 radical (unpaired) electrons. The third-order valence-electron chi connectivity index (χ3n) is 7.30. The van der Waals surface area contributed by atoms with Crippen LogP contribution in [0.1, 0.15) is 48.6 Å². The maximum atomic E-state index is 12.9. The number of hydrogen-bond donors (Lipinski definition) is 3. The van der Waals surface area contributed by atoms with Gasteiger partial charge in [-0.3, -0.25) is 9.59 Å². The van der Waals surface area contributed by atoms with Gasteiger partial charge in [-0.1, -0.05) is 36.4 Å². The van der Waals surface area contributed by atoms with E-state index in [-0.39, 0.29) is 24.5 Å². The summed E-state index contributed by atoms with van der Waals surface area (Å²) in [4.78, 5) is 43.9. The highest BCUT2D eigenvalue weighted by Gasteiger charge is 2.51. The SMILES string of the molecule is CN(Cc1ccccc1CNCC(=O)Nc1ccc2c(c1)C[C@@]1(C2)C(=O)Nc2ncccc21)C(=O)OC(C)(C)C. The van der Waals surface area contributed by atoms with Gasteiger partial charge in [0.05, 0.1) is 12.0 Å². The topological polar surface area (TPSA) is 113 Å². The summed E-state index contributed by atoms with van der Waals surface area (Å²) in [5.41, 5.74) is 4.57. The third-order valence-corrected chi connectivity index (χ3v) is 7.30. The van der Waals surface area contributed by atoms with Crippen molar-refractivity contribution in [3.8, 4) is 0 Å². The quantitative estimate of drug-likeness (QED) is 0.414. The lowest BCUT2D eigenvalue weighted by molar-refractivity contribution is -0.120. The van der Waals surface area contributed by atoms with Crippen LogP contribution in [0.4, 0.5) is 16.3 Å². The molecule has 2 heterocycles. The highest BCUT2D eigenvalue weighted by molar-refractivity contribution is 6.06. The van der Waals surface area contributed by atoms with Crippen molar-refractivity contribution in [1.82, 2.24) is 15.2 Å². The molecule has 1 spiro atoms. The first kappa shape index (κ1) is 27.3. The maximum absolute atomic E-state index is 12.9. The van der Waals surface area contributed by atoms with E-state index in [1.54, 1.807) is 18.1 Å². The molecule has 1 aromatic heterocycles. The van der Waals surface area contributed by atoms with Crippen LogP contribution < -0.4 is 16.0 Å². The molecule has 9 nitrogen and oxygen atoms in total. The van der Waals surface area contributed by atoms with Gasteiger partial charge < -0.3 is 25.6 Å². The van der Waals surface area contributed by atoms with Gasteiger partial charge in [0, 0.05) is 37.6 Å². The summed E-state index contributed by atoms with van der Waals surface area (Å²) in [5, 5.41) is 9.10. The summed E-state index contributed by atoms with van der Waals surface area (Å²) in [6, 6.07) is 17.5. The van der Waals surface area contributed by atoms with E-state index in [2.05, 4.69) is 20.9 Å². The summed E-state index contributed by atoms with van der Waals surface area (Å²) in [6.07, 6.45) is 2.49. The number of carbonyl (C=O) groups excluding carboxylic acids is 3. The van der Waals surface area contributed by atoms with E-state index < -0.39 is 11.0 Å². The van der Waals surface area contributed by atoms with E-state index in [0.29, 0.717) is 37.4 Å². The molecule has 3 aromatic rings. The number of nitrogens with one attached hydrogen (secondary N) is 3. The second-order valence-corrected chi connectivity index (χ2v) is 11.5. The first-order valence-electron chi connectivity index (χ1n) is 13.4. The zero-order valence-corrected chi connectivity index (χ0v) is 23.3. The molecule has 208 valence electrons. The Hall–Kier alpha value is -4.24. The summed E-state index contributed by atoms with van der Waals surface area (Å²) >= 11 is 0. The smallest absolute Gasteiger partial charge is 0.410 e. The highest BCUT2D eigenvalue weighted by Crippen LogP contribution is 2.46. The standard InChI is InChI=1S/C31H35N5O4/c1-30(2,3)40-29(39)36(4)19-22-9-6-5-8-21(22)17-32-18-26(37)34-24-12-11-20-15-31(16-23(20)14-24)25-10-7-13-33-27(25)35-28(31)38/h5-14,32H,15-19H2,1-4H3,(H,34,37)(H,33,35,38)/t31-/m1/s1. The first-order valence-corrected chi connectivity index (χ1v) is 13.4. The second-order valence-electron chi connectivity index (χ2n) is 11.5. The minimum Gasteiger partial charge on any atom is -0.444 e. The van der Waals surface area contributed by atoms with E-state index in [4.69, 9.17) is 4.74 Å². The summed E-state index contributed by atoms with van der Waals surface area (Å²) < 4.78 is 5.45. The van der Waals surface area contributed by atoms with Crippen LogP contribution in [0, 0.1) is 0 Å². The lowest BCUT2D eigenvalue weighted by Crippen LogP contribution is -2.35. The van der Waals surface area contributed by atoms with Gasteiger partial charge in [0.2, 0.25) is 11.8 Å². The molecule has 40 heavy (non-hydrogen) atoms. The van der Waals surface area contributed by atoms with Crippen molar-refractivity contribution >= 4 is 29.4 Å². The molecule has 1 atom stereocenters. The molecule has 5 rings (SSSR count). The van der Waals surface area contributed by atoms with Crippen molar-refractivity contribution in [2.45, 2.75) is 57.7 Å². The molecule has 2 aliphatic rings. The van der Waals surface area contributed by atoms with Crippen LogP contribution in [0.5, 0.6) is 0 Å². The Bertz CT molecular complexity index is 1460. The van der Waals surface area contributed by atoms with Gasteiger partial charge in [0.15, 0.2) is 0 Å².